The van der Waals surface area contributed by atoms with Crippen molar-refractivity contribution in [1.29, 1.82) is 0 Å². The summed E-state index contributed by atoms with van der Waals surface area (Å²) in [6.07, 6.45) is 9.20. The summed E-state index contributed by atoms with van der Waals surface area (Å²) >= 11 is 1.54. The first kappa shape index (κ1) is 24.8. The highest BCUT2D eigenvalue weighted by Gasteiger charge is 2.58. The van der Waals surface area contributed by atoms with Gasteiger partial charge in [-0.3, -0.25) is 4.79 Å². The fraction of sp³-hybridized carbons (Fsp3) is 0.655. The van der Waals surface area contributed by atoms with Gasteiger partial charge in [0.15, 0.2) is 5.13 Å². The van der Waals surface area contributed by atoms with Crippen LogP contribution in [-0.4, -0.2) is 28.6 Å². The molecule has 2 aromatic rings. The third-order valence-electron chi connectivity index (χ3n) is 9.23. The number of amides is 1. The van der Waals surface area contributed by atoms with Gasteiger partial charge >= 0.3 is 0 Å². The Morgan fingerprint density at radius 2 is 2.14 bits per heavy atom. The molecule has 190 valence electrons. The lowest BCUT2D eigenvalue weighted by molar-refractivity contribution is -0.116. The minimum Gasteiger partial charge on any atom is -0.508 e. The number of aromatic hydroxyl groups is 1. The molecular formula is C29H41N3O2S. The molecule has 3 aliphatic carbocycles. The van der Waals surface area contributed by atoms with E-state index in [1.807, 2.05) is 25.3 Å². The third kappa shape index (κ3) is 4.89. The average Bonchev–Trinajstić information content (AvgIpc) is 3.35. The largest absolute Gasteiger partial charge is 0.508 e. The maximum absolute atomic E-state index is 12.8. The third-order valence-corrected chi connectivity index (χ3v) is 10.1. The van der Waals surface area contributed by atoms with Gasteiger partial charge in [0.25, 0.3) is 0 Å². The molecule has 0 radical (unpaired) electrons. The lowest BCUT2D eigenvalue weighted by Gasteiger charge is -2.52. The van der Waals surface area contributed by atoms with Crippen LogP contribution in [0.5, 0.6) is 5.75 Å². The van der Waals surface area contributed by atoms with E-state index in [4.69, 9.17) is 0 Å². The molecule has 6 unspecified atom stereocenters. The smallest absolute Gasteiger partial charge is 0.226 e. The van der Waals surface area contributed by atoms with Gasteiger partial charge in [0.05, 0.1) is 0 Å². The zero-order valence-corrected chi connectivity index (χ0v) is 22.5. The number of nitrogens with one attached hydrogen (secondary N) is 2. The van der Waals surface area contributed by atoms with Crippen molar-refractivity contribution in [3.8, 4) is 5.75 Å². The second-order valence-corrected chi connectivity index (χ2v) is 13.2. The zero-order chi connectivity index (χ0) is 24.7. The Kier molecular flexibility index (Phi) is 6.97. The number of hydrogen-bond acceptors (Lipinski definition) is 5. The monoisotopic (exact) mass is 495 g/mol. The molecule has 0 aliphatic heterocycles. The summed E-state index contributed by atoms with van der Waals surface area (Å²) in [7, 11) is 0. The van der Waals surface area contributed by atoms with Crippen molar-refractivity contribution in [1.82, 2.24) is 10.3 Å². The van der Waals surface area contributed by atoms with E-state index < -0.39 is 0 Å². The number of benzene rings is 1. The van der Waals surface area contributed by atoms with Gasteiger partial charge in [-0.1, -0.05) is 26.8 Å². The number of aromatic nitrogens is 1. The van der Waals surface area contributed by atoms with E-state index in [1.54, 1.807) is 0 Å². The molecule has 6 heteroatoms. The van der Waals surface area contributed by atoms with Crippen LogP contribution in [0.1, 0.15) is 81.2 Å². The highest BCUT2D eigenvalue weighted by atomic mass is 32.1. The molecule has 2 fully saturated rings. The first-order valence-corrected chi connectivity index (χ1v) is 14.3. The predicted octanol–water partition coefficient (Wildman–Crippen LogP) is 6.27. The molecule has 1 aromatic carbocycles. The molecular weight excluding hydrogens is 454 g/mol. The Balaban J connectivity index is 1.36. The topological polar surface area (TPSA) is 74.2 Å². The van der Waals surface area contributed by atoms with Crippen molar-refractivity contribution in [2.24, 2.45) is 29.1 Å². The summed E-state index contributed by atoms with van der Waals surface area (Å²) in [4.78, 5) is 18.2. The summed E-state index contributed by atoms with van der Waals surface area (Å²) in [5.74, 6) is 3.54. The fourth-order valence-corrected chi connectivity index (χ4v) is 8.44. The maximum atomic E-state index is 12.8. The summed E-state index contributed by atoms with van der Waals surface area (Å²) in [6.45, 7) is 10.2. The lowest BCUT2D eigenvalue weighted by Crippen LogP contribution is -2.49. The Hall–Kier alpha value is -1.92. The molecule has 1 heterocycles. The van der Waals surface area contributed by atoms with Gasteiger partial charge < -0.3 is 15.7 Å². The van der Waals surface area contributed by atoms with Crippen molar-refractivity contribution in [2.75, 3.05) is 11.9 Å². The highest BCUT2D eigenvalue weighted by molar-refractivity contribution is 7.15. The molecule has 0 spiro atoms. The zero-order valence-electron chi connectivity index (χ0n) is 21.6. The predicted molar refractivity (Wildman–Crippen MR) is 143 cm³/mol. The van der Waals surface area contributed by atoms with E-state index in [9.17, 15) is 9.90 Å². The molecule has 3 N–H and O–H groups in total. The molecule has 2 saturated carbocycles. The van der Waals surface area contributed by atoms with Crippen molar-refractivity contribution < 1.29 is 9.90 Å². The Bertz CT molecular complexity index is 1070. The van der Waals surface area contributed by atoms with E-state index in [2.05, 4.69) is 42.5 Å². The highest BCUT2D eigenvalue weighted by Crippen LogP contribution is 2.63. The maximum Gasteiger partial charge on any atom is 0.226 e. The number of fused-ring (bicyclic) bond motifs is 5. The number of carbonyl (C=O) groups excluding carboxylic acids is 1. The second kappa shape index (κ2) is 9.85. The van der Waals surface area contributed by atoms with Crippen molar-refractivity contribution >= 4 is 22.4 Å². The summed E-state index contributed by atoms with van der Waals surface area (Å²) in [5, 5.41) is 17.7. The lowest BCUT2D eigenvalue weighted by atomic mass is 9.53. The number of nitrogens with zero attached hydrogens (tertiary/aromatic N) is 1. The molecule has 5 rings (SSSR count). The van der Waals surface area contributed by atoms with Gasteiger partial charge in [-0.2, -0.15) is 0 Å². The number of rotatable bonds is 7. The molecule has 35 heavy (non-hydrogen) atoms. The van der Waals surface area contributed by atoms with Crippen LogP contribution < -0.4 is 10.6 Å². The minimum absolute atomic E-state index is 0.0940. The summed E-state index contributed by atoms with van der Waals surface area (Å²) in [6, 6.07) is 6.57. The minimum atomic E-state index is 0.0940. The number of phenols is 1. The van der Waals surface area contributed by atoms with Gasteiger partial charge in [-0.15, -0.1) is 11.3 Å². The van der Waals surface area contributed by atoms with E-state index >= 15 is 0 Å². The quantitative estimate of drug-likeness (QED) is 0.423. The van der Waals surface area contributed by atoms with E-state index in [0.29, 0.717) is 52.9 Å². The number of carbonyl (C=O) groups is 1. The SMILES string of the molecule is Cc1cnc(NC(=O)CCC2CC(NCC(C)C)C3(C)CCC4c5ccc(O)cc5CCC4C23)s1. The Labute approximate surface area is 214 Å². The molecule has 0 bridgehead atoms. The van der Waals surface area contributed by atoms with Crippen LogP contribution in [0.25, 0.3) is 0 Å². The van der Waals surface area contributed by atoms with E-state index in [-0.39, 0.29) is 11.3 Å². The number of hydrogen-bond donors (Lipinski definition) is 3. The van der Waals surface area contributed by atoms with Gasteiger partial charge in [0, 0.05) is 23.5 Å². The van der Waals surface area contributed by atoms with Gasteiger partial charge in [0.1, 0.15) is 5.75 Å². The second-order valence-electron chi connectivity index (χ2n) is 12.0. The molecule has 6 atom stereocenters. The van der Waals surface area contributed by atoms with Crippen LogP contribution in [0, 0.1) is 36.0 Å². The molecule has 0 saturated heterocycles. The number of thiazole rings is 1. The molecule has 3 aliphatic rings. The van der Waals surface area contributed by atoms with E-state index in [0.717, 1.165) is 24.3 Å². The van der Waals surface area contributed by atoms with Gasteiger partial charge in [-0.05, 0) is 110 Å². The van der Waals surface area contributed by atoms with Crippen LogP contribution in [-0.2, 0) is 11.2 Å². The van der Waals surface area contributed by atoms with Crippen LogP contribution in [0.4, 0.5) is 5.13 Å². The number of anilines is 1. The van der Waals surface area contributed by atoms with Crippen molar-refractivity contribution in [2.45, 2.75) is 84.6 Å². The molecule has 1 aromatic heterocycles. The fourth-order valence-electron chi connectivity index (χ4n) is 7.76. The average molecular weight is 496 g/mol. The van der Waals surface area contributed by atoms with Crippen LogP contribution in [0.15, 0.2) is 24.4 Å². The van der Waals surface area contributed by atoms with Gasteiger partial charge in [-0.25, -0.2) is 4.98 Å². The van der Waals surface area contributed by atoms with Crippen LogP contribution in [0.3, 0.4) is 0 Å². The first-order valence-electron chi connectivity index (χ1n) is 13.5. The standard InChI is InChI=1S/C29H41N3O2S/c1-17(2)15-30-25-14-20(6-10-26(34)32-28-31-16-18(3)35-28)27-24-8-5-19-13-21(33)7-9-22(19)23(24)11-12-29(25,27)4/h7,9,13,16-17,20,23-25,27,30,33H,5-6,8,10-12,14-15H2,1-4H3,(H,31,32,34). The van der Waals surface area contributed by atoms with Crippen LogP contribution >= 0.6 is 11.3 Å². The van der Waals surface area contributed by atoms with Crippen LogP contribution in [0.2, 0.25) is 0 Å². The van der Waals surface area contributed by atoms with Crippen molar-refractivity contribution in [3.63, 3.8) is 0 Å². The molecule has 1 amide bonds. The van der Waals surface area contributed by atoms with Gasteiger partial charge in [0.2, 0.25) is 5.91 Å². The first-order chi connectivity index (χ1) is 16.7. The normalized spacial score (nSPS) is 31.6. The number of aryl methyl sites for hydroxylation is 2. The summed E-state index contributed by atoms with van der Waals surface area (Å²) in [5.41, 5.74) is 3.09. The number of phenolic OH excluding ortho intramolecular Hbond substituents is 1. The Morgan fingerprint density at radius 3 is 2.89 bits per heavy atom. The van der Waals surface area contributed by atoms with Crippen molar-refractivity contribution in [3.05, 3.63) is 40.4 Å². The summed E-state index contributed by atoms with van der Waals surface area (Å²) < 4.78 is 0. The van der Waals surface area contributed by atoms with E-state index in [1.165, 1.54) is 48.1 Å². The molecule has 5 nitrogen and oxygen atoms in total. The Morgan fingerprint density at radius 1 is 1.31 bits per heavy atom.